The first-order chi connectivity index (χ1) is 9.34. The van der Waals surface area contributed by atoms with E-state index >= 15 is 0 Å². The number of rotatable bonds is 1. The molecule has 0 nitrogen and oxygen atoms in total. The first-order valence-corrected chi connectivity index (χ1v) is 8.48. The van der Waals surface area contributed by atoms with Crippen molar-refractivity contribution in [3.63, 3.8) is 0 Å². The van der Waals surface area contributed by atoms with Crippen molar-refractivity contribution in [2.75, 3.05) is 0 Å². The largest absolute Gasteiger partial charge is 0.0596 e. The van der Waals surface area contributed by atoms with Crippen molar-refractivity contribution in [1.29, 1.82) is 0 Å². The Kier molecular flexibility index (Phi) is 3.27. The van der Waals surface area contributed by atoms with Gasteiger partial charge in [-0.25, -0.2) is 0 Å². The fourth-order valence-electron chi connectivity index (χ4n) is 5.19. The van der Waals surface area contributed by atoms with E-state index in [2.05, 4.69) is 52.8 Å². The van der Waals surface area contributed by atoms with Crippen molar-refractivity contribution in [3.05, 3.63) is 34.9 Å². The van der Waals surface area contributed by atoms with Crippen LogP contribution in [0.3, 0.4) is 0 Å². The molecular formula is C20H30. The summed E-state index contributed by atoms with van der Waals surface area (Å²) in [5.41, 5.74) is 5.77. The molecule has 1 saturated carbocycles. The van der Waals surface area contributed by atoms with Crippen molar-refractivity contribution in [2.45, 2.75) is 78.1 Å². The molecule has 2 aliphatic carbocycles. The van der Waals surface area contributed by atoms with E-state index in [-0.39, 0.29) is 0 Å². The third-order valence-electron chi connectivity index (χ3n) is 6.34. The van der Waals surface area contributed by atoms with E-state index in [1.807, 2.05) is 0 Å². The molecule has 0 N–H and O–H groups in total. The number of hydrogen-bond acceptors (Lipinski definition) is 0. The molecule has 0 heterocycles. The van der Waals surface area contributed by atoms with Crippen LogP contribution in [0.4, 0.5) is 0 Å². The highest BCUT2D eigenvalue weighted by Crippen LogP contribution is 2.57. The normalized spacial score (nSPS) is 31.8. The van der Waals surface area contributed by atoms with Crippen LogP contribution in [0.5, 0.6) is 0 Å². The molecule has 0 radical (unpaired) electrons. The quantitative estimate of drug-likeness (QED) is 0.601. The molecule has 1 aromatic rings. The Morgan fingerprint density at radius 3 is 2.55 bits per heavy atom. The molecule has 1 fully saturated rings. The van der Waals surface area contributed by atoms with Gasteiger partial charge < -0.3 is 0 Å². The molecule has 0 aromatic heterocycles. The minimum atomic E-state index is 0.421. The predicted molar refractivity (Wildman–Crippen MR) is 87.3 cm³/mol. The Morgan fingerprint density at radius 1 is 1.10 bits per heavy atom. The van der Waals surface area contributed by atoms with Gasteiger partial charge in [0.05, 0.1) is 0 Å². The van der Waals surface area contributed by atoms with E-state index in [0.29, 0.717) is 16.7 Å². The van der Waals surface area contributed by atoms with Crippen LogP contribution in [0.1, 0.15) is 82.9 Å². The Bertz CT molecular complexity index is 509. The summed E-state index contributed by atoms with van der Waals surface area (Å²) in [6.07, 6.45) is 6.87. The van der Waals surface area contributed by atoms with Crippen LogP contribution in [0.25, 0.3) is 0 Å². The molecule has 0 aliphatic heterocycles. The molecule has 2 atom stereocenters. The van der Waals surface area contributed by atoms with E-state index < -0.39 is 0 Å². The molecule has 2 aliphatic rings. The predicted octanol–water partition coefficient (Wildman–Crippen LogP) is 5.84. The van der Waals surface area contributed by atoms with Crippen LogP contribution >= 0.6 is 0 Å². The SMILES string of the molecule is CC(C)c1ccc2c(c1)CC[C@H]1C(C)(C)CCC[C@]21C. The van der Waals surface area contributed by atoms with Gasteiger partial charge in [-0.2, -0.15) is 0 Å². The van der Waals surface area contributed by atoms with E-state index in [0.717, 1.165) is 5.92 Å². The Hall–Kier alpha value is -0.780. The maximum atomic E-state index is 2.55. The number of hydrogen-bond donors (Lipinski definition) is 0. The molecule has 20 heavy (non-hydrogen) atoms. The summed E-state index contributed by atoms with van der Waals surface area (Å²) < 4.78 is 0. The smallest absolute Gasteiger partial charge is 0.00391 e. The van der Waals surface area contributed by atoms with Gasteiger partial charge in [0.1, 0.15) is 0 Å². The fourth-order valence-corrected chi connectivity index (χ4v) is 5.19. The zero-order valence-corrected chi connectivity index (χ0v) is 13.9. The van der Waals surface area contributed by atoms with E-state index in [1.165, 1.54) is 37.7 Å². The molecule has 0 spiro atoms. The van der Waals surface area contributed by atoms with Gasteiger partial charge >= 0.3 is 0 Å². The fraction of sp³-hybridized carbons (Fsp3) is 0.700. The lowest BCUT2D eigenvalue weighted by molar-refractivity contribution is 0.0407. The summed E-state index contributed by atoms with van der Waals surface area (Å²) in [4.78, 5) is 0. The first-order valence-electron chi connectivity index (χ1n) is 8.48. The summed E-state index contributed by atoms with van der Waals surface area (Å²) in [7, 11) is 0. The van der Waals surface area contributed by atoms with Gasteiger partial charge in [0.25, 0.3) is 0 Å². The van der Waals surface area contributed by atoms with Gasteiger partial charge in [0.2, 0.25) is 0 Å². The van der Waals surface area contributed by atoms with Crippen molar-refractivity contribution >= 4 is 0 Å². The molecule has 0 bridgehead atoms. The van der Waals surface area contributed by atoms with Crippen LogP contribution in [0, 0.1) is 11.3 Å². The molecule has 0 unspecified atom stereocenters. The van der Waals surface area contributed by atoms with Crippen LogP contribution in [0.15, 0.2) is 18.2 Å². The van der Waals surface area contributed by atoms with E-state index in [1.54, 1.807) is 11.1 Å². The number of aryl methyl sites for hydroxylation is 1. The zero-order chi connectivity index (χ0) is 14.5. The molecule has 1 aromatic carbocycles. The van der Waals surface area contributed by atoms with Gasteiger partial charge in [-0.1, -0.05) is 59.2 Å². The highest BCUT2D eigenvalue weighted by atomic mass is 14.5. The lowest BCUT2D eigenvalue weighted by Crippen LogP contribution is -2.47. The van der Waals surface area contributed by atoms with Gasteiger partial charge in [0, 0.05) is 0 Å². The maximum absolute atomic E-state index is 2.55. The second kappa shape index (κ2) is 4.61. The highest BCUT2D eigenvalue weighted by molar-refractivity contribution is 5.42. The highest BCUT2D eigenvalue weighted by Gasteiger charge is 2.49. The van der Waals surface area contributed by atoms with E-state index in [9.17, 15) is 0 Å². The maximum Gasteiger partial charge on any atom is -0.00391 e. The van der Waals surface area contributed by atoms with Crippen molar-refractivity contribution in [3.8, 4) is 0 Å². The average Bonchev–Trinajstić information content (AvgIpc) is 2.37. The molecule has 3 rings (SSSR count). The number of benzene rings is 1. The zero-order valence-electron chi connectivity index (χ0n) is 13.9. The monoisotopic (exact) mass is 270 g/mol. The summed E-state index contributed by atoms with van der Waals surface area (Å²) >= 11 is 0. The first kappa shape index (κ1) is 14.2. The Morgan fingerprint density at radius 2 is 1.85 bits per heavy atom. The van der Waals surface area contributed by atoms with Crippen LogP contribution in [0.2, 0.25) is 0 Å². The Balaban J connectivity index is 2.06. The standard InChI is InChI=1S/C20H30/c1-14(2)15-7-9-17-16(13-15)8-10-18-19(3,4)11-6-12-20(17,18)5/h7,9,13-14,18H,6,8,10-12H2,1-5H3/t18-,20+/m0/s1. The summed E-state index contributed by atoms with van der Waals surface area (Å²) in [5, 5.41) is 0. The van der Waals surface area contributed by atoms with Crippen LogP contribution in [-0.4, -0.2) is 0 Å². The van der Waals surface area contributed by atoms with Crippen molar-refractivity contribution in [1.82, 2.24) is 0 Å². The third kappa shape index (κ3) is 2.03. The summed E-state index contributed by atoms with van der Waals surface area (Å²) in [5.74, 6) is 1.51. The van der Waals surface area contributed by atoms with Crippen molar-refractivity contribution < 1.29 is 0 Å². The average molecular weight is 270 g/mol. The third-order valence-corrected chi connectivity index (χ3v) is 6.34. The van der Waals surface area contributed by atoms with Gasteiger partial charge in [-0.3, -0.25) is 0 Å². The minimum Gasteiger partial charge on any atom is -0.0596 e. The molecule has 0 heteroatoms. The van der Waals surface area contributed by atoms with Gasteiger partial charge in [-0.15, -0.1) is 0 Å². The molecule has 0 saturated heterocycles. The minimum absolute atomic E-state index is 0.421. The molecule has 110 valence electrons. The van der Waals surface area contributed by atoms with Crippen LogP contribution in [-0.2, 0) is 11.8 Å². The summed E-state index contributed by atoms with van der Waals surface area (Å²) in [6, 6.07) is 7.36. The van der Waals surface area contributed by atoms with Crippen LogP contribution < -0.4 is 0 Å². The second-order valence-corrected chi connectivity index (χ2v) is 8.42. The lowest BCUT2D eigenvalue weighted by Gasteiger charge is -2.54. The summed E-state index contributed by atoms with van der Waals surface area (Å²) in [6.45, 7) is 12.2. The van der Waals surface area contributed by atoms with Gasteiger partial charge in [0.15, 0.2) is 0 Å². The van der Waals surface area contributed by atoms with Gasteiger partial charge in [-0.05, 0) is 65.0 Å². The van der Waals surface area contributed by atoms with Crippen molar-refractivity contribution in [2.24, 2.45) is 11.3 Å². The van der Waals surface area contributed by atoms with E-state index in [4.69, 9.17) is 0 Å². The number of fused-ring (bicyclic) bond motifs is 3. The second-order valence-electron chi connectivity index (χ2n) is 8.42. The Labute approximate surface area is 125 Å². The topological polar surface area (TPSA) is 0 Å². The molecular weight excluding hydrogens is 240 g/mol. The lowest BCUT2D eigenvalue weighted by atomic mass is 9.50. The molecule has 0 amide bonds.